The molecule has 0 N–H and O–H groups in total. The van der Waals surface area contributed by atoms with E-state index in [-0.39, 0.29) is 12.2 Å². The molecule has 0 atom stereocenters. The quantitative estimate of drug-likeness (QED) is 0.258. The number of rotatable bonds is 7. The van der Waals surface area contributed by atoms with Gasteiger partial charge >= 0.3 is 0 Å². The van der Waals surface area contributed by atoms with Gasteiger partial charge in [-0.3, -0.25) is 4.79 Å². The van der Waals surface area contributed by atoms with Gasteiger partial charge in [-0.1, -0.05) is 54.9 Å². The highest BCUT2D eigenvalue weighted by Gasteiger charge is 2.23. The zero-order valence-corrected chi connectivity index (χ0v) is 23.4. The van der Waals surface area contributed by atoms with Crippen LogP contribution in [0.2, 0.25) is 0 Å². The Bertz CT molecular complexity index is 1610. The molecule has 4 aromatic rings. The first-order valence-corrected chi connectivity index (χ1v) is 12.6. The van der Waals surface area contributed by atoms with E-state index in [0.29, 0.717) is 45.1 Å². The van der Waals surface area contributed by atoms with Crippen molar-refractivity contribution in [3.05, 3.63) is 91.9 Å². The molecule has 0 saturated heterocycles. The van der Waals surface area contributed by atoms with Crippen LogP contribution in [0.1, 0.15) is 43.3 Å². The molecule has 0 bridgehead atoms. The Hall–Kier alpha value is -4.16. The van der Waals surface area contributed by atoms with Gasteiger partial charge in [0.1, 0.15) is 12.4 Å². The molecule has 0 saturated carbocycles. The summed E-state index contributed by atoms with van der Waals surface area (Å²) in [4.78, 5) is 18.2. The van der Waals surface area contributed by atoms with Gasteiger partial charge in [0, 0.05) is 21.0 Å². The molecule has 194 valence electrons. The Morgan fingerprint density at radius 3 is 2.39 bits per heavy atom. The molecule has 0 unspecified atom stereocenters. The molecule has 1 aromatic heterocycles. The van der Waals surface area contributed by atoms with Crippen LogP contribution < -0.4 is 19.8 Å². The normalized spacial score (nSPS) is 11.5. The first-order valence-electron chi connectivity index (χ1n) is 11.8. The van der Waals surface area contributed by atoms with Gasteiger partial charge in [0.15, 0.2) is 11.5 Å². The summed E-state index contributed by atoms with van der Waals surface area (Å²) in [5.41, 5.74) is 1.80. The number of nitriles is 1. The van der Waals surface area contributed by atoms with Crippen molar-refractivity contribution in [2.45, 2.75) is 32.8 Å². The van der Waals surface area contributed by atoms with Crippen molar-refractivity contribution in [2.75, 3.05) is 14.2 Å². The maximum absolute atomic E-state index is 13.4. The topological polar surface area (TPSA) is 98.7 Å². The lowest BCUT2D eigenvalue weighted by atomic mass is 9.95. The van der Waals surface area contributed by atoms with Crippen LogP contribution in [0.15, 0.2) is 69.0 Å². The van der Waals surface area contributed by atoms with Gasteiger partial charge in [-0.15, -0.1) is 0 Å². The number of benzene rings is 3. The van der Waals surface area contributed by atoms with E-state index in [9.17, 15) is 10.1 Å². The molecule has 0 fully saturated rings. The summed E-state index contributed by atoms with van der Waals surface area (Å²) in [6.45, 7) is 6.10. The molecule has 0 radical (unpaired) electrons. The Morgan fingerprint density at radius 1 is 1.08 bits per heavy atom. The summed E-state index contributed by atoms with van der Waals surface area (Å²) >= 11 is 3.43. The van der Waals surface area contributed by atoms with Crippen LogP contribution in [0.4, 0.5) is 0 Å². The highest BCUT2D eigenvalue weighted by Crippen LogP contribution is 2.39. The predicted molar refractivity (Wildman–Crippen MR) is 150 cm³/mol. The van der Waals surface area contributed by atoms with Gasteiger partial charge < -0.3 is 14.2 Å². The van der Waals surface area contributed by atoms with E-state index < -0.39 is 5.41 Å². The predicted octanol–water partition coefficient (Wildman–Crippen LogP) is 5.81. The second-order valence-electron chi connectivity index (χ2n) is 9.52. The monoisotopic (exact) mass is 574 g/mol. The van der Waals surface area contributed by atoms with Gasteiger partial charge in [-0.05, 0) is 36.4 Å². The van der Waals surface area contributed by atoms with Crippen LogP contribution in [0.5, 0.6) is 17.2 Å². The number of fused-ring (bicyclic) bond motifs is 1. The molecule has 0 aliphatic carbocycles. The van der Waals surface area contributed by atoms with Crippen molar-refractivity contribution < 1.29 is 14.2 Å². The number of nitrogens with zero attached hydrogens (tertiary/aromatic N) is 4. The van der Waals surface area contributed by atoms with E-state index in [4.69, 9.17) is 19.2 Å². The van der Waals surface area contributed by atoms with Crippen molar-refractivity contribution in [1.82, 2.24) is 9.66 Å². The van der Waals surface area contributed by atoms with Crippen LogP contribution in [0.3, 0.4) is 0 Å². The minimum absolute atomic E-state index is 0.159. The zero-order valence-electron chi connectivity index (χ0n) is 21.8. The van der Waals surface area contributed by atoms with Crippen molar-refractivity contribution in [2.24, 2.45) is 5.10 Å². The van der Waals surface area contributed by atoms with Gasteiger partial charge in [0.25, 0.3) is 5.56 Å². The van der Waals surface area contributed by atoms with Crippen LogP contribution in [-0.4, -0.2) is 30.1 Å². The SMILES string of the molecule is COc1cc(C=Nn2c(C(C)(C)C)nc3ccc(Br)cc3c2=O)cc(OC)c1OCc1ccccc1C#N. The molecule has 3 aromatic carbocycles. The third-order valence-electron chi connectivity index (χ3n) is 5.79. The number of methoxy groups -OCH3 is 2. The number of ether oxygens (including phenoxy) is 3. The summed E-state index contributed by atoms with van der Waals surface area (Å²) in [5.74, 6) is 1.77. The summed E-state index contributed by atoms with van der Waals surface area (Å²) in [6.07, 6.45) is 1.56. The molecule has 38 heavy (non-hydrogen) atoms. The second kappa shape index (κ2) is 11.1. The first kappa shape index (κ1) is 26.9. The smallest absolute Gasteiger partial charge is 0.282 e. The van der Waals surface area contributed by atoms with E-state index >= 15 is 0 Å². The minimum Gasteiger partial charge on any atom is -0.493 e. The summed E-state index contributed by atoms with van der Waals surface area (Å²) in [6, 6.07) is 18.3. The largest absolute Gasteiger partial charge is 0.493 e. The Balaban J connectivity index is 1.75. The Kier molecular flexibility index (Phi) is 7.83. The molecule has 9 heteroatoms. The summed E-state index contributed by atoms with van der Waals surface area (Å²) in [7, 11) is 3.05. The van der Waals surface area contributed by atoms with E-state index in [0.717, 1.165) is 10.0 Å². The van der Waals surface area contributed by atoms with Gasteiger partial charge in [-0.2, -0.15) is 15.0 Å². The Morgan fingerprint density at radius 2 is 1.76 bits per heavy atom. The molecular weight excluding hydrogens is 548 g/mol. The van der Waals surface area contributed by atoms with Crippen LogP contribution in [0.25, 0.3) is 10.9 Å². The number of hydrogen-bond donors (Lipinski definition) is 0. The lowest BCUT2D eigenvalue weighted by Gasteiger charge is -2.21. The van der Waals surface area contributed by atoms with Crippen LogP contribution in [0, 0.1) is 11.3 Å². The molecule has 4 rings (SSSR count). The standard InChI is InChI=1S/C29H27BrN4O4/c1-29(2,3)28-33-23-11-10-21(30)14-22(23)27(35)34(28)32-16-18-12-24(36-4)26(25(13-18)37-5)38-17-20-9-7-6-8-19(20)15-31/h6-14,16H,17H2,1-5H3. The number of hydrogen-bond acceptors (Lipinski definition) is 7. The third kappa shape index (κ3) is 5.55. The molecule has 1 heterocycles. The lowest BCUT2D eigenvalue weighted by Crippen LogP contribution is -2.29. The fourth-order valence-corrected chi connectivity index (χ4v) is 4.25. The van der Waals surface area contributed by atoms with Crippen LogP contribution in [-0.2, 0) is 12.0 Å². The average Bonchev–Trinajstić information content (AvgIpc) is 2.90. The third-order valence-corrected chi connectivity index (χ3v) is 6.29. The molecule has 0 amide bonds. The van der Waals surface area contributed by atoms with Crippen molar-refractivity contribution in [3.8, 4) is 23.3 Å². The van der Waals surface area contributed by atoms with Crippen molar-refractivity contribution in [3.63, 3.8) is 0 Å². The molecule has 0 aliphatic rings. The summed E-state index contributed by atoms with van der Waals surface area (Å²) < 4.78 is 19.3. The lowest BCUT2D eigenvalue weighted by molar-refractivity contribution is 0.265. The number of aromatic nitrogens is 2. The minimum atomic E-state index is -0.440. The van der Waals surface area contributed by atoms with Crippen molar-refractivity contribution in [1.29, 1.82) is 5.26 Å². The van der Waals surface area contributed by atoms with E-state index in [1.807, 2.05) is 45.0 Å². The number of halogens is 1. The maximum atomic E-state index is 13.4. The Labute approximate surface area is 229 Å². The highest BCUT2D eigenvalue weighted by atomic mass is 79.9. The second-order valence-corrected chi connectivity index (χ2v) is 10.4. The fraction of sp³-hybridized carbons (Fsp3) is 0.241. The van der Waals surface area contributed by atoms with Gasteiger partial charge in [0.2, 0.25) is 5.75 Å². The molecule has 0 aliphatic heterocycles. The molecule has 8 nitrogen and oxygen atoms in total. The molecule has 0 spiro atoms. The van der Waals surface area contributed by atoms with E-state index in [1.54, 1.807) is 36.5 Å². The highest BCUT2D eigenvalue weighted by molar-refractivity contribution is 9.10. The summed E-state index contributed by atoms with van der Waals surface area (Å²) in [5, 5.41) is 14.4. The van der Waals surface area contributed by atoms with Gasteiger partial charge in [-0.25, -0.2) is 4.98 Å². The first-order chi connectivity index (χ1) is 18.2. The van der Waals surface area contributed by atoms with Crippen LogP contribution >= 0.6 is 15.9 Å². The van der Waals surface area contributed by atoms with Crippen molar-refractivity contribution >= 4 is 33.0 Å². The van der Waals surface area contributed by atoms with Gasteiger partial charge in [0.05, 0.1) is 43.0 Å². The maximum Gasteiger partial charge on any atom is 0.282 e. The zero-order chi connectivity index (χ0) is 27.4. The fourth-order valence-electron chi connectivity index (χ4n) is 3.89. The van der Waals surface area contributed by atoms with E-state index in [2.05, 4.69) is 27.1 Å². The average molecular weight is 575 g/mol. The van der Waals surface area contributed by atoms with E-state index in [1.165, 1.54) is 18.9 Å². The molecular formula is C29H27BrN4O4.